The van der Waals surface area contributed by atoms with Crippen molar-refractivity contribution in [3.05, 3.63) is 47.8 Å². The van der Waals surface area contributed by atoms with Crippen LogP contribution in [0.15, 0.2) is 36.5 Å². The number of benzene rings is 1. The van der Waals surface area contributed by atoms with E-state index in [0.717, 1.165) is 11.4 Å². The van der Waals surface area contributed by atoms with Crippen LogP contribution in [0.3, 0.4) is 0 Å². The largest absolute Gasteiger partial charge is 0.489 e. The molecule has 7 heteroatoms. The van der Waals surface area contributed by atoms with E-state index in [9.17, 15) is 9.59 Å². The summed E-state index contributed by atoms with van der Waals surface area (Å²) in [4.78, 5) is 30.0. The molecule has 142 valence electrons. The number of hydrogen-bond acceptors (Lipinski definition) is 7. The first kappa shape index (κ1) is 18.7. The summed E-state index contributed by atoms with van der Waals surface area (Å²) in [6.07, 6.45) is 1.59. The Morgan fingerprint density at radius 2 is 1.85 bits per heavy atom. The quantitative estimate of drug-likeness (QED) is 0.767. The zero-order valence-corrected chi connectivity index (χ0v) is 15.8. The second-order valence-corrected chi connectivity index (χ2v) is 7.08. The number of pyridine rings is 1. The molecule has 2 aromatic rings. The summed E-state index contributed by atoms with van der Waals surface area (Å²) in [6, 6.07) is 8.73. The topological polar surface area (TPSA) is 78.0 Å². The minimum atomic E-state index is -0.540. The molecule has 1 aliphatic rings. The van der Waals surface area contributed by atoms with E-state index in [1.807, 2.05) is 37.8 Å². The van der Waals surface area contributed by atoms with Gasteiger partial charge in [-0.1, -0.05) is 0 Å². The van der Waals surface area contributed by atoms with Crippen molar-refractivity contribution in [1.29, 1.82) is 0 Å². The molecule has 0 saturated carbocycles. The van der Waals surface area contributed by atoms with Crippen LogP contribution in [0.1, 0.15) is 41.6 Å². The fourth-order valence-electron chi connectivity index (χ4n) is 2.71. The molecule has 7 nitrogen and oxygen atoms in total. The molecule has 0 amide bonds. The Kier molecular flexibility index (Phi) is 5.03. The molecule has 0 atom stereocenters. The van der Waals surface area contributed by atoms with Crippen LogP contribution >= 0.6 is 0 Å². The first-order valence-electron chi connectivity index (χ1n) is 8.60. The van der Waals surface area contributed by atoms with E-state index in [4.69, 9.17) is 14.2 Å². The summed E-state index contributed by atoms with van der Waals surface area (Å²) in [6.45, 7) is 6.59. The van der Waals surface area contributed by atoms with Gasteiger partial charge in [0.15, 0.2) is 5.69 Å². The summed E-state index contributed by atoms with van der Waals surface area (Å²) in [7, 11) is 1.31. The molecule has 0 N–H and O–H groups in total. The van der Waals surface area contributed by atoms with E-state index >= 15 is 0 Å². The van der Waals surface area contributed by atoms with Gasteiger partial charge in [0.25, 0.3) is 0 Å². The maximum Gasteiger partial charge on any atom is 0.356 e. The zero-order valence-electron chi connectivity index (χ0n) is 15.8. The number of hydrogen-bond donors (Lipinski definition) is 0. The highest BCUT2D eigenvalue weighted by Gasteiger charge is 2.23. The summed E-state index contributed by atoms with van der Waals surface area (Å²) < 4.78 is 15.7. The van der Waals surface area contributed by atoms with Crippen LogP contribution in [0.2, 0.25) is 0 Å². The Balaban J connectivity index is 1.84. The molecule has 27 heavy (non-hydrogen) atoms. The molecule has 0 saturated heterocycles. The Bertz CT molecular complexity index is 856. The van der Waals surface area contributed by atoms with Gasteiger partial charge in [0.2, 0.25) is 0 Å². The van der Waals surface area contributed by atoms with Gasteiger partial charge < -0.3 is 19.1 Å². The molecular weight excluding hydrogens is 348 g/mol. The smallest absolute Gasteiger partial charge is 0.356 e. The van der Waals surface area contributed by atoms with Crippen molar-refractivity contribution in [3.63, 3.8) is 0 Å². The number of aromatic nitrogens is 1. The lowest BCUT2D eigenvalue weighted by Crippen LogP contribution is -2.29. The Labute approximate surface area is 157 Å². The highest BCUT2D eigenvalue weighted by Crippen LogP contribution is 2.36. The molecule has 0 bridgehead atoms. The summed E-state index contributed by atoms with van der Waals surface area (Å²) in [5, 5.41) is 0. The number of methoxy groups -OCH3 is 1. The third-order valence-electron chi connectivity index (χ3n) is 3.92. The van der Waals surface area contributed by atoms with Crippen LogP contribution in [0.25, 0.3) is 0 Å². The molecule has 1 aromatic carbocycles. The van der Waals surface area contributed by atoms with Gasteiger partial charge in [0.1, 0.15) is 23.6 Å². The molecular formula is C20H22N2O5. The predicted octanol–water partition coefficient (Wildman–Crippen LogP) is 3.35. The van der Waals surface area contributed by atoms with E-state index in [0.29, 0.717) is 24.5 Å². The number of carbonyl (C=O) groups excluding carboxylic acids is 2. The second-order valence-electron chi connectivity index (χ2n) is 7.08. The van der Waals surface area contributed by atoms with Crippen LogP contribution in [-0.4, -0.2) is 42.8 Å². The molecule has 2 heterocycles. The van der Waals surface area contributed by atoms with Crippen LogP contribution in [0, 0.1) is 0 Å². The zero-order chi connectivity index (χ0) is 19.6. The van der Waals surface area contributed by atoms with Crippen molar-refractivity contribution in [2.75, 3.05) is 25.2 Å². The lowest BCUT2D eigenvalue weighted by molar-refractivity contribution is 0.00693. The van der Waals surface area contributed by atoms with E-state index in [-0.39, 0.29) is 11.7 Å². The fourth-order valence-corrected chi connectivity index (χ4v) is 2.71. The summed E-state index contributed by atoms with van der Waals surface area (Å²) in [5.74, 6) is -0.311. The number of fused-ring (bicyclic) bond motifs is 1. The fraction of sp³-hybridized carbons (Fsp3) is 0.350. The van der Waals surface area contributed by atoms with Crippen molar-refractivity contribution in [2.45, 2.75) is 26.4 Å². The molecule has 0 unspecified atom stereocenters. The normalized spacial score (nSPS) is 13.4. The van der Waals surface area contributed by atoms with Crippen LogP contribution in [0.4, 0.5) is 11.4 Å². The van der Waals surface area contributed by atoms with E-state index in [1.165, 1.54) is 7.11 Å². The Morgan fingerprint density at radius 3 is 2.48 bits per heavy atom. The van der Waals surface area contributed by atoms with Crippen LogP contribution in [0.5, 0.6) is 5.75 Å². The molecule has 0 fully saturated rings. The average Bonchev–Trinajstić information content (AvgIpc) is 2.65. The molecule has 1 aromatic heterocycles. The van der Waals surface area contributed by atoms with Crippen molar-refractivity contribution in [3.8, 4) is 5.75 Å². The van der Waals surface area contributed by atoms with Crippen LogP contribution < -0.4 is 9.64 Å². The van der Waals surface area contributed by atoms with Gasteiger partial charge in [0, 0.05) is 11.8 Å². The number of ether oxygens (including phenoxy) is 3. The second kappa shape index (κ2) is 7.26. The van der Waals surface area contributed by atoms with Gasteiger partial charge in [-0.3, -0.25) is 0 Å². The summed E-state index contributed by atoms with van der Waals surface area (Å²) >= 11 is 0. The molecule has 1 aliphatic heterocycles. The molecule has 0 spiro atoms. The SMILES string of the molecule is COC(=O)c1cc2c(cn1)N(c1ccc(C(=O)OC(C)(C)C)cc1)CCO2. The minimum Gasteiger partial charge on any atom is -0.489 e. The van der Waals surface area contributed by atoms with E-state index in [1.54, 1.807) is 24.4 Å². The van der Waals surface area contributed by atoms with Crippen LogP contribution in [-0.2, 0) is 9.47 Å². The highest BCUT2D eigenvalue weighted by atomic mass is 16.6. The predicted molar refractivity (Wildman–Crippen MR) is 99.7 cm³/mol. The molecule has 0 aliphatic carbocycles. The van der Waals surface area contributed by atoms with E-state index in [2.05, 4.69) is 4.98 Å². The summed E-state index contributed by atoms with van der Waals surface area (Å²) in [5.41, 5.74) is 1.78. The van der Waals surface area contributed by atoms with Gasteiger partial charge in [0.05, 0.1) is 25.4 Å². The molecule has 3 rings (SSSR count). The van der Waals surface area contributed by atoms with Crippen molar-refractivity contribution in [2.24, 2.45) is 0 Å². The first-order chi connectivity index (χ1) is 12.8. The monoisotopic (exact) mass is 370 g/mol. The number of anilines is 2. The van der Waals surface area contributed by atoms with Crippen molar-refractivity contribution in [1.82, 2.24) is 4.98 Å². The maximum atomic E-state index is 12.2. The third-order valence-corrected chi connectivity index (χ3v) is 3.92. The lowest BCUT2D eigenvalue weighted by atomic mass is 10.1. The third kappa shape index (κ3) is 4.19. The number of esters is 2. The number of carbonyl (C=O) groups is 2. The number of rotatable bonds is 3. The van der Waals surface area contributed by atoms with E-state index < -0.39 is 11.6 Å². The lowest BCUT2D eigenvalue weighted by Gasteiger charge is -2.31. The standard InChI is InChI=1S/C20H22N2O5/c1-20(2,3)27-18(23)13-5-7-14(8-6-13)22-9-10-26-17-11-15(19(24)25-4)21-12-16(17)22/h5-8,11-12H,9-10H2,1-4H3. The highest BCUT2D eigenvalue weighted by molar-refractivity contribution is 5.91. The first-order valence-corrected chi connectivity index (χ1v) is 8.60. The average molecular weight is 370 g/mol. The van der Waals surface area contributed by atoms with Gasteiger partial charge in [-0.05, 0) is 45.0 Å². The maximum absolute atomic E-state index is 12.2. The minimum absolute atomic E-state index is 0.193. The van der Waals surface area contributed by atoms with Gasteiger partial charge >= 0.3 is 11.9 Å². The Hall–Kier alpha value is -3.09. The van der Waals surface area contributed by atoms with Gasteiger partial charge in [-0.15, -0.1) is 0 Å². The van der Waals surface area contributed by atoms with Crippen molar-refractivity contribution < 1.29 is 23.8 Å². The van der Waals surface area contributed by atoms with Gasteiger partial charge in [-0.2, -0.15) is 0 Å². The number of nitrogens with zero attached hydrogens (tertiary/aromatic N) is 2. The molecule has 0 radical (unpaired) electrons. The van der Waals surface area contributed by atoms with Gasteiger partial charge in [-0.25, -0.2) is 14.6 Å². The Morgan fingerprint density at radius 1 is 1.15 bits per heavy atom. The van der Waals surface area contributed by atoms with Crippen molar-refractivity contribution >= 4 is 23.3 Å².